The van der Waals surface area contributed by atoms with Crippen molar-refractivity contribution in [1.82, 2.24) is 0 Å². The van der Waals surface area contributed by atoms with E-state index < -0.39 is 17.9 Å². The van der Waals surface area contributed by atoms with E-state index in [0.717, 1.165) is 0 Å². The molecule has 84 valence electrons. The molecule has 7 heteroatoms. The van der Waals surface area contributed by atoms with Crippen LogP contribution in [0.5, 0.6) is 0 Å². The molecule has 1 aromatic carbocycles. The highest BCUT2D eigenvalue weighted by Gasteiger charge is 2.31. The van der Waals surface area contributed by atoms with Crippen molar-refractivity contribution < 1.29 is 14.7 Å². The SMILES string of the molecule is O=C(O)C1Nc2cc(Cl)c(Cl)cc2NC1=O. The molecule has 1 aromatic rings. The third kappa shape index (κ3) is 1.79. The van der Waals surface area contributed by atoms with Gasteiger partial charge in [-0.25, -0.2) is 4.79 Å². The molecule has 2 rings (SSSR count). The lowest BCUT2D eigenvalue weighted by Gasteiger charge is -2.24. The van der Waals surface area contributed by atoms with Crippen molar-refractivity contribution in [2.45, 2.75) is 6.04 Å². The van der Waals surface area contributed by atoms with E-state index in [9.17, 15) is 9.59 Å². The topological polar surface area (TPSA) is 78.4 Å². The van der Waals surface area contributed by atoms with Crippen molar-refractivity contribution in [3.63, 3.8) is 0 Å². The Morgan fingerprint density at radius 3 is 2.38 bits per heavy atom. The van der Waals surface area contributed by atoms with Crippen LogP contribution in [0.25, 0.3) is 0 Å². The van der Waals surface area contributed by atoms with E-state index in [1.807, 2.05) is 0 Å². The summed E-state index contributed by atoms with van der Waals surface area (Å²) in [7, 11) is 0. The maximum absolute atomic E-state index is 11.4. The van der Waals surface area contributed by atoms with Gasteiger partial charge in [-0.15, -0.1) is 0 Å². The fourth-order valence-corrected chi connectivity index (χ4v) is 1.70. The Kier molecular flexibility index (Phi) is 2.65. The van der Waals surface area contributed by atoms with Gasteiger partial charge in [-0.05, 0) is 12.1 Å². The van der Waals surface area contributed by atoms with Crippen molar-refractivity contribution in [2.75, 3.05) is 10.6 Å². The minimum atomic E-state index is -1.32. The Morgan fingerprint density at radius 1 is 1.25 bits per heavy atom. The van der Waals surface area contributed by atoms with E-state index in [-0.39, 0.29) is 10.0 Å². The van der Waals surface area contributed by atoms with Crippen molar-refractivity contribution >= 4 is 46.5 Å². The standard InChI is InChI=1S/C9H6Cl2N2O3/c10-3-1-5-6(2-4(3)11)13-8(14)7(12-5)9(15)16/h1-2,7,12H,(H,13,14)(H,15,16). The first kappa shape index (κ1) is 11.0. The molecule has 0 radical (unpaired) electrons. The highest BCUT2D eigenvalue weighted by molar-refractivity contribution is 6.42. The molecule has 0 spiro atoms. The number of hydrogen-bond acceptors (Lipinski definition) is 3. The van der Waals surface area contributed by atoms with Gasteiger partial charge in [0.25, 0.3) is 5.91 Å². The Morgan fingerprint density at radius 2 is 1.81 bits per heavy atom. The number of benzene rings is 1. The maximum atomic E-state index is 11.4. The van der Waals surface area contributed by atoms with Crippen LogP contribution in [0.15, 0.2) is 12.1 Å². The molecular formula is C9H6Cl2N2O3. The molecule has 3 N–H and O–H groups in total. The van der Waals surface area contributed by atoms with E-state index in [2.05, 4.69) is 10.6 Å². The number of fused-ring (bicyclic) bond motifs is 1. The molecule has 0 bridgehead atoms. The number of rotatable bonds is 1. The fraction of sp³-hybridized carbons (Fsp3) is 0.111. The molecule has 1 amide bonds. The van der Waals surface area contributed by atoms with Crippen LogP contribution in [-0.4, -0.2) is 23.0 Å². The van der Waals surface area contributed by atoms with Gasteiger partial charge in [0.05, 0.1) is 21.4 Å². The van der Waals surface area contributed by atoms with Gasteiger partial charge in [0.2, 0.25) is 6.04 Å². The smallest absolute Gasteiger partial charge is 0.336 e. The molecule has 1 atom stereocenters. The number of halogens is 2. The molecule has 0 saturated carbocycles. The Labute approximate surface area is 100 Å². The molecule has 0 fully saturated rings. The zero-order valence-corrected chi connectivity index (χ0v) is 9.26. The van der Waals surface area contributed by atoms with Crippen LogP contribution >= 0.6 is 23.2 Å². The number of aliphatic carboxylic acids is 1. The molecule has 1 aliphatic heterocycles. The minimum Gasteiger partial charge on any atom is -0.479 e. The summed E-state index contributed by atoms with van der Waals surface area (Å²) in [6.45, 7) is 0. The Balaban J connectivity index is 2.43. The summed E-state index contributed by atoms with van der Waals surface area (Å²) < 4.78 is 0. The van der Waals surface area contributed by atoms with Gasteiger partial charge >= 0.3 is 5.97 Å². The summed E-state index contributed by atoms with van der Waals surface area (Å²) in [6.07, 6.45) is 0. The van der Waals surface area contributed by atoms with Crippen LogP contribution in [0.1, 0.15) is 0 Å². The first-order valence-corrected chi connectivity index (χ1v) is 5.04. The van der Waals surface area contributed by atoms with E-state index in [0.29, 0.717) is 11.4 Å². The third-order valence-electron chi connectivity index (χ3n) is 2.13. The number of amides is 1. The van der Waals surface area contributed by atoms with Crippen LogP contribution in [-0.2, 0) is 9.59 Å². The number of carboxylic acids is 1. The second-order valence-electron chi connectivity index (χ2n) is 3.22. The second-order valence-corrected chi connectivity index (χ2v) is 4.03. The summed E-state index contributed by atoms with van der Waals surface area (Å²) in [5.41, 5.74) is 0.846. The van der Waals surface area contributed by atoms with Crippen LogP contribution < -0.4 is 10.6 Å². The van der Waals surface area contributed by atoms with Crippen molar-refractivity contribution in [3.8, 4) is 0 Å². The molecule has 5 nitrogen and oxygen atoms in total. The zero-order valence-electron chi connectivity index (χ0n) is 7.75. The number of hydrogen-bond donors (Lipinski definition) is 3. The fourth-order valence-electron chi connectivity index (χ4n) is 1.37. The lowest BCUT2D eigenvalue weighted by Crippen LogP contribution is -2.44. The average molecular weight is 261 g/mol. The summed E-state index contributed by atoms with van der Waals surface area (Å²) in [5.74, 6) is -1.90. The van der Waals surface area contributed by atoms with E-state index in [1.54, 1.807) is 0 Å². The summed E-state index contributed by atoms with van der Waals surface area (Å²) in [4.78, 5) is 22.1. The highest BCUT2D eigenvalue weighted by atomic mass is 35.5. The van der Waals surface area contributed by atoms with Gasteiger partial charge < -0.3 is 15.7 Å². The van der Waals surface area contributed by atoms with Crippen LogP contribution in [0.2, 0.25) is 10.0 Å². The normalized spacial score (nSPS) is 18.4. The van der Waals surface area contributed by atoms with Crippen molar-refractivity contribution in [2.24, 2.45) is 0 Å². The van der Waals surface area contributed by atoms with Crippen LogP contribution in [0, 0.1) is 0 Å². The highest BCUT2D eigenvalue weighted by Crippen LogP contribution is 2.34. The van der Waals surface area contributed by atoms with Gasteiger partial charge in [0, 0.05) is 0 Å². The molecule has 1 unspecified atom stereocenters. The molecule has 16 heavy (non-hydrogen) atoms. The number of carboxylic acid groups (broad SMARTS) is 1. The molecule has 1 aliphatic rings. The second kappa shape index (κ2) is 3.84. The first-order valence-electron chi connectivity index (χ1n) is 4.28. The number of carbonyl (C=O) groups excluding carboxylic acids is 1. The molecule has 0 aromatic heterocycles. The zero-order chi connectivity index (χ0) is 11.9. The maximum Gasteiger partial charge on any atom is 0.336 e. The molecule has 0 aliphatic carbocycles. The number of carbonyl (C=O) groups is 2. The van der Waals surface area contributed by atoms with E-state index in [4.69, 9.17) is 28.3 Å². The minimum absolute atomic E-state index is 0.285. The summed E-state index contributed by atoms with van der Waals surface area (Å²) in [6, 6.07) is 1.61. The van der Waals surface area contributed by atoms with E-state index in [1.165, 1.54) is 12.1 Å². The predicted octanol–water partition coefficient (Wildman–Crippen LogP) is 1.81. The first-order chi connectivity index (χ1) is 7.49. The molecular weight excluding hydrogens is 255 g/mol. The molecule has 1 heterocycles. The van der Waals surface area contributed by atoms with Gasteiger partial charge in [-0.2, -0.15) is 0 Å². The third-order valence-corrected chi connectivity index (χ3v) is 2.85. The largest absolute Gasteiger partial charge is 0.479 e. The quantitative estimate of drug-likeness (QED) is 0.673. The van der Waals surface area contributed by atoms with E-state index >= 15 is 0 Å². The Hall–Kier alpha value is -1.46. The van der Waals surface area contributed by atoms with Crippen LogP contribution in [0.4, 0.5) is 11.4 Å². The van der Waals surface area contributed by atoms with Crippen LogP contribution in [0.3, 0.4) is 0 Å². The van der Waals surface area contributed by atoms with Gasteiger partial charge in [-0.3, -0.25) is 4.79 Å². The van der Waals surface area contributed by atoms with Gasteiger partial charge in [0.15, 0.2) is 0 Å². The van der Waals surface area contributed by atoms with Crippen molar-refractivity contribution in [1.29, 1.82) is 0 Å². The summed E-state index contributed by atoms with van der Waals surface area (Å²) in [5, 5.41) is 14.3. The predicted molar refractivity (Wildman–Crippen MR) is 60.1 cm³/mol. The monoisotopic (exact) mass is 260 g/mol. The number of nitrogens with one attached hydrogen (secondary N) is 2. The van der Waals surface area contributed by atoms with Gasteiger partial charge in [0.1, 0.15) is 0 Å². The lowest BCUT2D eigenvalue weighted by molar-refractivity contribution is -0.140. The molecule has 0 saturated heterocycles. The summed E-state index contributed by atoms with van der Waals surface area (Å²) >= 11 is 11.5. The average Bonchev–Trinajstić information content (AvgIpc) is 2.19. The van der Waals surface area contributed by atoms with Gasteiger partial charge in [-0.1, -0.05) is 23.2 Å². The van der Waals surface area contributed by atoms with Crippen molar-refractivity contribution in [3.05, 3.63) is 22.2 Å². The lowest BCUT2D eigenvalue weighted by atomic mass is 10.1. The number of anilines is 2. The Bertz CT molecular complexity index is 490.